The molecule has 24 heavy (non-hydrogen) atoms. The van der Waals surface area contributed by atoms with E-state index in [4.69, 9.17) is 0 Å². The molecule has 0 amide bonds. The second kappa shape index (κ2) is 7.58. The van der Waals surface area contributed by atoms with Gasteiger partial charge in [-0.1, -0.05) is 50.5 Å². The first-order chi connectivity index (χ1) is 11.8. The number of hydrogen-bond donors (Lipinski definition) is 0. The van der Waals surface area contributed by atoms with Crippen molar-refractivity contribution in [3.8, 4) is 0 Å². The summed E-state index contributed by atoms with van der Waals surface area (Å²) in [5, 5.41) is 0. The first-order valence-corrected chi connectivity index (χ1v) is 10.4. The molecule has 4 rings (SSSR count). The smallest absolute Gasteiger partial charge is 0.0283 e. The zero-order chi connectivity index (χ0) is 16.4. The van der Waals surface area contributed by atoms with Crippen LogP contribution in [0.3, 0.4) is 0 Å². The Morgan fingerprint density at radius 3 is 2.33 bits per heavy atom. The maximum absolute atomic E-state index is 2.86. The number of nitrogens with zero attached hydrogens (tertiary/aromatic N) is 2. The number of piperazine rings is 1. The number of rotatable bonds is 4. The van der Waals surface area contributed by atoms with Crippen LogP contribution in [-0.2, 0) is 13.0 Å². The molecular formula is C22H34N2. The van der Waals surface area contributed by atoms with Gasteiger partial charge in [0.25, 0.3) is 0 Å². The van der Waals surface area contributed by atoms with Crippen molar-refractivity contribution < 1.29 is 0 Å². The third-order valence-corrected chi connectivity index (χ3v) is 6.85. The van der Waals surface area contributed by atoms with Gasteiger partial charge in [-0.25, -0.2) is 0 Å². The van der Waals surface area contributed by atoms with E-state index in [2.05, 4.69) is 41.0 Å². The molecular weight excluding hydrogens is 292 g/mol. The largest absolute Gasteiger partial charge is 0.298 e. The minimum Gasteiger partial charge on any atom is -0.298 e. The fourth-order valence-corrected chi connectivity index (χ4v) is 5.55. The van der Waals surface area contributed by atoms with Gasteiger partial charge in [-0.15, -0.1) is 0 Å². The van der Waals surface area contributed by atoms with E-state index >= 15 is 0 Å². The van der Waals surface area contributed by atoms with Crippen molar-refractivity contribution in [3.05, 3.63) is 35.4 Å². The molecule has 2 atom stereocenters. The normalized spacial score (nSPS) is 29.7. The van der Waals surface area contributed by atoms with Gasteiger partial charge in [0.1, 0.15) is 0 Å². The van der Waals surface area contributed by atoms with Gasteiger partial charge >= 0.3 is 0 Å². The Labute approximate surface area is 148 Å². The van der Waals surface area contributed by atoms with Crippen molar-refractivity contribution >= 4 is 0 Å². The monoisotopic (exact) mass is 326 g/mol. The molecule has 1 aromatic rings. The Kier molecular flexibility index (Phi) is 5.24. The molecule has 0 unspecified atom stereocenters. The van der Waals surface area contributed by atoms with E-state index in [0.717, 1.165) is 31.0 Å². The molecule has 3 fully saturated rings. The lowest BCUT2D eigenvalue weighted by molar-refractivity contribution is -0.00380. The lowest BCUT2D eigenvalue weighted by Gasteiger charge is -2.49. The average molecular weight is 327 g/mol. The Balaban J connectivity index is 1.52. The molecule has 3 aliphatic rings. The number of hydrogen-bond acceptors (Lipinski definition) is 2. The van der Waals surface area contributed by atoms with Crippen molar-refractivity contribution in [3.63, 3.8) is 0 Å². The summed E-state index contributed by atoms with van der Waals surface area (Å²) in [5.41, 5.74) is 2.97. The van der Waals surface area contributed by atoms with Crippen molar-refractivity contribution in [2.24, 2.45) is 5.92 Å². The third kappa shape index (κ3) is 3.41. The highest BCUT2D eigenvalue weighted by Gasteiger charge is 2.42. The van der Waals surface area contributed by atoms with E-state index in [1.165, 1.54) is 75.7 Å². The molecule has 1 aliphatic carbocycles. The molecule has 2 heteroatoms. The van der Waals surface area contributed by atoms with Gasteiger partial charge in [0.05, 0.1) is 0 Å². The van der Waals surface area contributed by atoms with Crippen LogP contribution < -0.4 is 0 Å². The summed E-state index contributed by atoms with van der Waals surface area (Å²) in [6.45, 7) is 7.32. The van der Waals surface area contributed by atoms with Crippen LogP contribution in [0.2, 0.25) is 0 Å². The van der Waals surface area contributed by atoms with Gasteiger partial charge < -0.3 is 0 Å². The average Bonchev–Trinajstić information content (AvgIpc) is 3.11. The van der Waals surface area contributed by atoms with Crippen LogP contribution in [0.5, 0.6) is 0 Å². The van der Waals surface area contributed by atoms with E-state index in [-0.39, 0.29) is 0 Å². The molecule has 0 N–H and O–H groups in total. The first kappa shape index (κ1) is 16.6. The summed E-state index contributed by atoms with van der Waals surface area (Å²) < 4.78 is 0. The van der Waals surface area contributed by atoms with Gasteiger partial charge in [-0.2, -0.15) is 0 Å². The highest BCUT2D eigenvalue weighted by Crippen LogP contribution is 2.38. The van der Waals surface area contributed by atoms with Crippen molar-refractivity contribution in [2.45, 2.75) is 76.9 Å². The van der Waals surface area contributed by atoms with Gasteiger partial charge in [-0.05, 0) is 55.7 Å². The molecule has 2 saturated heterocycles. The zero-order valence-corrected chi connectivity index (χ0v) is 15.4. The lowest BCUT2D eigenvalue weighted by Crippen LogP contribution is -2.59. The highest BCUT2D eigenvalue weighted by atomic mass is 15.3. The summed E-state index contributed by atoms with van der Waals surface area (Å²) >= 11 is 0. The van der Waals surface area contributed by atoms with E-state index in [9.17, 15) is 0 Å². The fourth-order valence-electron chi connectivity index (χ4n) is 5.55. The Bertz CT molecular complexity index is 517. The SMILES string of the molecule is CCc1ccc(CN2CCN3CCC[C@H]3[C@H]2C2CCCCC2)cc1. The lowest BCUT2D eigenvalue weighted by atomic mass is 9.78. The van der Waals surface area contributed by atoms with Crippen molar-refractivity contribution in [1.29, 1.82) is 0 Å². The van der Waals surface area contributed by atoms with Crippen molar-refractivity contribution in [2.75, 3.05) is 19.6 Å². The molecule has 0 spiro atoms. The second-order valence-electron chi connectivity index (χ2n) is 8.27. The summed E-state index contributed by atoms with van der Waals surface area (Å²) in [7, 11) is 0. The molecule has 2 aliphatic heterocycles. The minimum absolute atomic E-state index is 0.812. The van der Waals surface area contributed by atoms with E-state index < -0.39 is 0 Å². The van der Waals surface area contributed by atoms with Crippen LogP contribution in [0.1, 0.15) is 63.0 Å². The maximum Gasteiger partial charge on any atom is 0.0283 e. The Morgan fingerprint density at radius 2 is 1.58 bits per heavy atom. The number of aryl methyl sites for hydroxylation is 1. The Morgan fingerprint density at radius 1 is 0.833 bits per heavy atom. The highest BCUT2D eigenvalue weighted by molar-refractivity contribution is 5.22. The summed E-state index contributed by atoms with van der Waals surface area (Å²) in [4.78, 5) is 5.68. The molecule has 2 heterocycles. The van der Waals surface area contributed by atoms with Crippen LogP contribution >= 0.6 is 0 Å². The van der Waals surface area contributed by atoms with Crippen LogP contribution in [-0.4, -0.2) is 41.5 Å². The molecule has 0 bridgehead atoms. The number of benzene rings is 1. The Hall–Kier alpha value is -0.860. The topological polar surface area (TPSA) is 6.48 Å². The molecule has 1 saturated carbocycles. The van der Waals surface area contributed by atoms with E-state index in [1.807, 2.05) is 0 Å². The predicted octanol–water partition coefficient (Wildman–Crippen LogP) is 4.48. The maximum atomic E-state index is 2.86. The van der Waals surface area contributed by atoms with E-state index in [1.54, 1.807) is 0 Å². The standard InChI is InChI=1S/C22H34N2/c1-2-18-10-12-19(13-11-18)17-24-16-15-23-14-6-9-21(23)22(24)20-7-4-3-5-8-20/h10-13,20-22H,2-9,14-17H2,1H3/t21-,22+/m0/s1. The quantitative estimate of drug-likeness (QED) is 0.805. The third-order valence-electron chi connectivity index (χ3n) is 6.85. The van der Waals surface area contributed by atoms with Crippen LogP contribution in [0.4, 0.5) is 0 Å². The minimum atomic E-state index is 0.812. The first-order valence-electron chi connectivity index (χ1n) is 10.4. The fraction of sp³-hybridized carbons (Fsp3) is 0.727. The van der Waals surface area contributed by atoms with Gasteiger partial charge in [0.15, 0.2) is 0 Å². The van der Waals surface area contributed by atoms with Gasteiger partial charge in [0.2, 0.25) is 0 Å². The van der Waals surface area contributed by atoms with E-state index in [0.29, 0.717) is 0 Å². The van der Waals surface area contributed by atoms with Crippen molar-refractivity contribution in [1.82, 2.24) is 9.80 Å². The summed E-state index contributed by atoms with van der Waals surface area (Å²) in [6, 6.07) is 11.1. The van der Waals surface area contributed by atoms with Crippen LogP contribution in [0.15, 0.2) is 24.3 Å². The molecule has 132 valence electrons. The molecule has 0 aromatic heterocycles. The molecule has 2 nitrogen and oxygen atoms in total. The summed E-state index contributed by atoms with van der Waals surface area (Å²) in [5.74, 6) is 0.944. The van der Waals surface area contributed by atoms with Crippen LogP contribution in [0, 0.1) is 5.92 Å². The summed E-state index contributed by atoms with van der Waals surface area (Å²) in [6.07, 6.45) is 11.3. The second-order valence-corrected chi connectivity index (χ2v) is 8.27. The molecule has 1 aromatic carbocycles. The zero-order valence-electron chi connectivity index (χ0n) is 15.4. The predicted molar refractivity (Wildman–Crippen MR) is 101 cm³/mol. The van der Waals surface area contributed by atoms with Gasteiger partial charge in [0, 0.05) is 31.7 Å². The van der Waals surface area contributed by atoms with Crippen LogP contribution in [0.25, 0.3) is 0 Å². The number of fused-ring (bicyclic) bond motifs is 1. The van der Waals surface area contributed by atoms with Gasteiger partial charge in [-0.3, -0.25) is 9.80 Å². The molecule has 0 radical (unpaired) electrons.